The average Bonchev–Trinajstić information content (AvgIpc) is 0.899. The minimum absolute atomic E-state index is 0.0629. The van der Waals surface area contributed by atoms with Gasteiger partial charge in [0.1, 0.15) is 46.1 Å². The van der Waals surface area contributed by atoms with Crippen LogP contribution in [-0.4, -0.2) is 79.4 Å². The van der Waals surface area contributed by atoms with E-state index < -0.39 is 71.3 Å². The fourth-order valence-corrected chi connectivity index (χ4v) is 11.2. The van der Waals surface area contributed by atoms with Crippen molar-refractivity contribution in [1.29, 1.82) is 0 Å². The third-order valence-corrected chi connectivity index (χ3v) is 18.9. The topological polar surface area (TPSA) is 299 Å². The molecule has 0 amide bonds. The molecule has 0 aliphatic heterocycles. The normalized spacial score (nSPS) is 10.1. The Labute approximate surface area is 810 Å². The predicted octanol–water partition coefficient (Wildman–Crippen LogP) is 24.7. The van der Waals surface area contributed by atoms with Gasteiger partial charge in [-0.3, -0.25) is 0 Å². The summed E-state index contributed by atoms with van der Waals surface area (Å²) in [6.07, 6.45) is 1.49. The molecule has 11 aromatic rings. The minimum atomic E-state index is -0.685. The van der Waals surface area contributed by atoms with E-state index in [1.54, 1.807) is 218 Å². The lowest BCUT2D eigenvalue weighted by Gasteiger charge is -2.13. The second kappa shape index (κ2) is 52.3. The highest BCUT2D eigenvalue weighted by Gasteiger charge is 2.22. The van der Waals surface area contributed by atoms with E-state index in [4.69, 9.17) is 56.8 Å². The molecule has 0 spiro atoms. The number of esters is 11. The summed E-state index contributed by atoms with van der Waals surface area (Å²) in [5, 5.41) is 0. The number of carbonyl (C=O) groups excluding carboxylic acids is 11. The summed E-state index contributed by atoms with van der Waals surface area (Å²) >= 11 is 0. The zero-order chi connectivity index (χ0) is 103. The number of hydrogen-bond acceptors (Lipinski definition) is 23. The van der Waals surface area contributed by atoms with E-state index in [1.807, 2.05) is 30.3 Å². The van der Waals surface area contributed by atoms with E-state index in [-0.39, 0.29) is 57.1 Å². The van der Waals surface area contributed by atoms with E-state index in [0.29, 0.717) is 131 Å². The standard InChI is InChI=1S/C29H27FO4.C24H22O6.C21H20O5.2C20H17FO4/c1-19(2)28(31)33-17-5-6-21-7-9-22(10-8-21)24-13-16-26(27(30)18-24)23-11-14-25(15-12-23)34-29(32)20(3)4;1-14(2)22(25)28-19-10-7-17(8-11-19)18-9-12-20(29-23(26)15(3)4)21(13-18)30-24(27)16(5)6;1-13(2)20(22)25-16-8-6-15(7-9-16)18-11-10-17(12-19(18)24-5)26-21(23)14(3)4;2*1-12(2)19(22)24-16-8-5-14(6-9-16)15-7-10-18(17(21)11-15)25-20(23)13(3)4/h7-16,18H,1,3,5-6,17H2,2,4H3;7-13H,1,3,5H2,2,4,6H3;6-12H,1,3H2,2,4-5H3;2*5-11H,1,3H2,2,4H3. The van der Waals surface area contributed by atoms with Gasteiger partial charge in [0.05, 0.1) is 13.7 Å². The molecule has 0 heterocycles. The third kappa shape index (κ3) is 34.0. The van der Waals surface area contributed by atoms with Crippen molar-refractivity contribution in [2.24, 2.45) is 0 Å². The van der Waals surface area contributed by atoms with E-state index in [1.165, 1.54) is 71.2 Å². The molecule has 0 unspecified atom stereocenters. The molecule has 23 nitrogen and oxygen atoms in total. The number of rotatable bonds is 32. The lowest BCUT2D eigenvalue weighted by Crippen LogP contribution is -2.12. The van der Waals surface area contributed by atoms with Gasteiger partial charge in [0.15, 0.2) is 34.6 Å². The van der Waals surface area contributed by atoms with E-state index in [0.717, 1.165) is 39.8 Å². The second-order valence-electron chi connectivity index (χ2n) is 31.5. The maximum absolute atomic E-state index is 14.9. The zero-order valence-corrected chi connectivity index (χ0v) is 79.4. The van der Waals surface area contributed by atoms with Gasteiger partial charge >= 0.3 is 65.7 Å². The molecule has 0 aliphatic carbocycles. The molecule has 0 saturated heterocycles. The molecule has 718 valence electrons. The number of carbonyl (C=O) groups is 11. The first-order valence-electron chi connectivity index (χ1n) is 42.6. The van der Waals surface area contributed by atoms with Gasteiger partial charge in [-0.1, -0.05) is 188 Å². The fraction of sp³-hybridized carbons (Fsp3) is 0.132. The van der Waals surface area contributed by atoms with Crippen molar-refractivity contribution in [2.45, 2.75) is 89.0 Å². The summed E-state index contributed by atoms with van der Waals surface area (Å²) in [5.41, 5.74) is 12.6. The summed E-state index contributed by atoms with van der Waals surface area (Å²) in [4.78, 5) is 128. The smallest absolute Gasteiger partial charge is 0.338 e. The van der Waals surface area contributed by atoms with Crippen molar-refractivity contribution in [2.75, 3.05) is 13.7 Å². The molecule has 0 atom stereocenters. The van der Waals surface area contributed by atoms with Gasteiger partial charge in [0.2, 0.25) is 0 Å². The van der Waals surface area contributed by atoms with Crippen LogP contribution < -0.4 is 52.1 Å². The first-order chi connectivity index (χ1) is 66.2. The first-order valence-corrected chi connectivity index (χ1v) is 42.6. The Hall–Kier alpha value is -17.7. The lowest BCUT2D eigenvalue weighted by atomic mass is 9.98. The Kier molecular flexibility index (Phi) is 40.8. The number of ether oxygens (including phenoxy) is 12. The first kappa shape index (κ1) is 109. The van der Waals surface area contributed by atoms with Gasteiger partial charge in [-0.2, -0.15) is 0 Å². The number of hydrogen-bond donors (Lipinski definition) is 0. The van der Waals surface area contributed by atoms with Gasteiger partial charge in [0, 0.05) is 78.5 Å². The minimum Gasteiger partial charge on any atom is -0.496 e. The van der Waals surface area contributed by atoms with Crippen LogP contribution in [-0.2, 0) is 63.9 Å². The Bertz CT molecular complexity index is 6530. The Morgan fingerprint density at radius 3 is 0.743 bits per heavy atom. The molecule has 0 radical (unpaired) electrons. The van der Waals surface area contributed by atoms with Crippen molar-refractivity contribution in [1.82, 2.24) is 0 Å². The van der Waals surface area contributed by atoms with Crippen LogP contribution in [0.25, 0.3) is 66.8 Å². The molecule has 0 fully saturated rings. The monoisotopic (exact) mass is 1900 g/mol. The van der Waals surface area contributed by atoms with Crippen LogP contribution in [0.2, 0.25) is 0 Å². The third-order valence-electron chi connectivity index (χ3n) is 18.9. The summed E-state index contributed by atoms with van der Waals surface area (Å²) in [6.45, 7) is 56.1. The van der Waals surface area contributed by atoms with Crippen LogP contribution in [0.4, 0.5) is 13.2 Å². The molecule has 140 heavy (non-hydrogen) atoms. The van der Waals surface area contributed by atoms with Crippen LogP contribution in [0.3, 0.4) is 0 Å². The van der Waals surface area contributed by atoms with Crippen molar-refractivity contribution < 1.29 is 123 Å². The Balaban J connectivity index is 0.000000239. The average molecular weight is 1900 g/mol. The van der Waals surface area contributed by atoms with Gasteiger partial charge in [-0.15, -0.1) is 0 Å². The van der Waals surface area contributed by atoms with E-state index in [9.17, 15) is 65.9 Å². The number of aryl methyl sites for hydroxylation is 1. The predicted molar refractivity (Wildman–Crippen MR) is 530 cm³/mol. The van der Waals surface area contributed by atoms with E-state index in [2.05, 4.69) is 72.4 Å². The van der Waals surface area contributed by atoms with E-state index >= 15 is 0 Å². The number of methoxy groups -OCH3 is 1. The number of benzene rings is 11. The summed E-state index contributed by atoms with van der Waals surface area (Å²) in [6, 6.07) is 65.0. The Morgan fingerprint density at radius 2 is 0.443 bits per heavy atom. The van der Waals surface area contributed by atoms with Crippen molar-refractivity contribution in [3.8, 4) is 130 Å². The zero-order valence-electron chi connectivity index (χ0n) is 79.4. The molecule has 0 bridgehead atoms. The van der Waals surface area contributed by atoms with Gasteiger partial charge in [-0.25, -0.2) is 65.9 Å². The quantitative estimate of drug-likeness (QED) is 0.0164. The fourth-order valence-electron chi connectivity index (χ4n) is 11.2. The lowest BCUT2D eigenvalue weighted by molar-refractivity contribution is -0.139. The molecule has 26 heteroatoms. The van der Waals surface area contributed by atoms with Gasteiger partial charge in [0.25, 0.3) is 0 Å². The molecule has 0 saturated carbocycles. The summed E-state index contributed by atoms with van der Waals surface area (Å²) < 4.78 is 105. The van der Waals surface area contributed by atoms with Crippen LogP contribution in [0, 0.1) is 17.5 Å². The van der Waals surface area contributed by atoms with Crippen molar-refractivity contribution in [3.63, 3.8) is 0 Å². The maximum Gasteiger partial charge on any atom is 0.338 e. The van der Waals surface area contributed by atoms with Crippen LogP contribution >= 0.6 is 0 Å². The molecule has 11 rings (SSSR count). The van der Waals surface area contributed by atoms with Gasteiger partial charge < -0.3 is 56.8 Å². The highest BCUT2D eigenvalue weighted by molar-refractivity contribution is 5.95. The van der Waals surface area contributed by atoms with Gasteiger partial charge in [-0.05, 0) is 265 Å². The van der Waals surface area contributed by atoms with Crippen molar-refractivity contribution >= 4 is 65.7 Å². The summed E-state index contributed by atoms with van der Waals surface area (Å²) in [7, 11) is 1.53. The van der Waals surface area contributed by atoms with Crippen LogP contribution in [0.1, 0.15) is 88.1 Å². The molecular weight excluding hydrogens is 1790 g/mol. The van der Waals surface area contributed by atoms with Crippen molar-refractivity contribution in [3.05, 3.63) is 393 Å². The largest absolute Gasteiger partial charge is 0.496 e. The highest BCUT2D eigenvalue weighted by atomic mass is 19.1. The highest BCUT2D eigenvalue weighted by Crippen LogP contribution is 2.39. The molecular formula is C114H103F3O23. The SMILES string of the molecule is C=C(C)C(=O)OCCCc1ccc(-c2ccc(-c3ccc(OC(=O)C(=C)C)cc3)c(F)c2)cc1.C=C(C)C(=O)Oc1ccc(-c2ccc(OC(=O)C(=C)C)c(F)c2)cc1.C=C(C)C(=O)Oc1ccc(-c2ccc(OC(=O)C(=C)C)c(F)c2)cc1.C=C(C)C(=O)Oc1ccc(-c2ccc(OC(=O)C(=C)C)c(OC(=O)C(=C)C)c2)cc1.C=C(C)C(=O)Oc1ccc(-c2ccc(OC(=O)C(=C)C)cc2OC)cc1. The second-order valence-corrected chi connectivity index (χ2v) is 31.5. The number of halogens is 3. The maximum atomic E-state index is 14.9. The Morgan fingerprint density at radius 1 is 0.214 bits per heavy atom. The summed E-state index contributed by atoms with van der Waals surface area (Å²) in [5.74, 6) is -5.08. The molecule has 11 aromatic carbocycles. The molecule has 0 aromatic heterocycles. The van der Waals surface area contributed by atoms with Crippen LogP contribution in [0.15, 0.2) is 370 Å². The molecule has 0 N–H and O–H groups in total. The molecule has 0 aliphatic rings. The van der Waals surface area contributed by atoms with Crippen LogP contribution in [0.5, 0.6) is 63.2 Å².